The summed E-state index contributed by atoms with van der Waals surface area (Å²) in [5.74, 6) is 1.26. The van der Waals surface area contributed by atoms with E-state index >= 15 is 0 Å². The van der Waals surface area contributed by atoms with E-state index in [-0.39, 0.29) is 5.82 Å². The molecule has 2 N–H and O–H groups in total. The van der Waals surface area contributed by atoms with Crippen LogP contribution in [0.25, 0.3) is 11.5 Å². The minimum absolute atomic E-state index is 0.313. The maximum Gasteiger partial charge on any atom is 0.247 e. The van der Waals surface area contributed by atoms with Gasteiger partial charge in [-0.1, -0.05) is 11.8 Å². The molecule has 0 aliphatic carbocycles. The lowest BCUT2D eigenvalue weighted by atomic mass is 10.2. The van der Waals surface area contributed by atoms with Crippen LogP contribution in [0.3, 0.4) is 0 Å². The molecule has 2 heterocycles. The van der Waals surface area contributed by atoms with Gasteiger partial charge in [0.25, 0.3) is 0 Å². The minimum Gasteiger partial charge on any atom is -0.420 e. The molecule has 0 saturated carbocycles. The molecule has 106 valence electrons. The molecule has 0 unspecified atom stereocenters. The van der Waals surface area contributed by atoms with Crippen LogP contribution < -0.4 is 5.73 Å². The van der Waals surface area contributed by atoms with Crippen LogP contribution in [-0.2, 0) is 5.75 Å². The van der Waals surface area contributed by atoms with Crippen LogP contribution in [0.15, 0.2) is 46.1 Å². The maximum atomic E-state index is 12.9. The molecular weight excluding hydrogens is 293 g/mol. The van der Waals surface area contributed by atoms with Gasteiger partial charge in [0.1, 0.15) is 10.8 Å². The third-order valence-electron chi connectivity index (χ3n) is 2.58. The van der Waals surface area contributed by atoms with E-state index in [4.69, 9.17) is 10.2 Å². The lowest BCUT2D eigenvalue weighted by Crippen LogP contribution is -1.94. The number of aromatic nitrogens is 4. The van der Waals surface area contributed by atoms with Crippen molar-refractivity contribution in [1.29, 1.82) is 0 Å². The van der Waals surface area contributed by atoms with Gasteiger partial charge in [-0.05, 0) is 24.3 Å². The molecule has 0 spiro atoms. The van der Waals surface area contributed by atoms with Crippen LogP contribution in [-0.4, -0.2) is 20.2 Å². The Balaban J connectivity index is 1.71. The zero-order chi connectivity index (χ0) is 14.7. The Bertz CT molecular complexity index is 746. The van der Waals surface area contributed by atoms with E-state index in [0.717, 1.165) is 0 Å². The second-order valence-corrected chi connectivity index (χ2v) is 5.01. The van der Waals surface area contributed by atoms with Crippen molar-refractivity contribution in [1.82, 2.24) is 20.2 Å². The smallest absolute Gasteiger partial charge is 0.247 e. The Morgan fingerprint density at radius 2 is 1.86 bits per heavy atom. The van der Waals surface area contributed by atoms with Gasteiger partial charge < -0.3 is 10.2 Å². The van der Waals surface area contributed by atoms with Crippen LogP contribution in [0.1, 0.15) is 5.89 Å². The fraction of sp³-hybridized carbons (Fsp3) is 0.0769. The normalized spacial score (nSPS) is 10.7. The number of benzene rings is 1. The average Bonchev–Trinajstić information content (AvgIpc) is 2.96. The average molecular weight is 303 g/mol. The minimum atomic E-state index is -0.313. The molecule has 0 radical (unpaired) electrons. The first kappa shape index (κ1) is 13.5. The van der Waals surface area contributed by atoms with E-state index in [9.17, 15) is 4.39 Å². The quantitative estimate of drug-likeness (QED) is 0.740. The second kappa shape index (κ2) is 5.88. The molecule has 2 aromatic heterocycles. The molecule has 0 aliphatic rings. The molecule has 0 saturated heterocycles. The molecule has 0 atom stereocenters. The molecule has 0 amide bonds. The monoisotopic (exact) mass is 303 g/mol. The Morgan fingerprint density at radius 3 is 2.62 bits per heavy atom. The molecule has 3 rings (SSSR count). The summed E-state index contributed by atoms with van der Waals surface area (Å²) in [6, 6.07) is 5.85. The number of nitrogen functional groups attached to an aromatic ring is 1. The number of rotatable bonds is 4. The zero-order valence-electron chi connectivity index (χ0n) is 10.7. The fourth-order valence-electron chi connectivity index (χ4n) is 1.60. The van der Waals surface area contributed by atoms with E-state index in [2.05, 4.69) is 20.2 Å². The molecule has 6 nitrogen and oxygen atoms in total. The lowest BCUT2D eigenvalue weighted by Gasteiger charge is -1.99. The molecule has 0 aliphatic heterocycles. The SMILES string of the molecule is Nc1nccnc1SCc1nnc(-c2ccc(F)cc2)o1. The van der Waals surface area contributed by atoms with Gasteiger partial charge in [-0.25, -0.2) is 14.4 Å². The maximum absolute atomic E-state index is 12.9. The highest BCUT2D eigenvalue weighted by atomic mass is 32.2. The first-order valence-corrected chi connectivity index (χ1v) is 6.98. The van der Waals surface area contributed by atoms with Gasteiger partial charge in [0.2, 0.25) is 11.8 Å². The summed E-state index contributed by atoms with van der Waals surface area (Å²) in [5.41, 5.74) is 6.36. The van der Waals surface area contributed by atoms with Gasteiger partial charge in [0.15, 0.2) is 5.82 Å². The van der Waals surface area contributed by atoms with E-state index in [0.29, 0.717) is 33.9 Å². The molecule has 1 aromatic carbocycles. The first-order chi connectivity index (χ1) is 10.2. The number of nitrogens with zero attached hydrogens (tertiary/aromatic N) is 4. The topological polar surface area (TPSA) is 90.7 Å². The number of thioether (sulfide) groups is 1. The van der Waals surface area contributed by atoms with Gasteiger partial charge in [-0.2, -0.15) is 0 Å². The van der Waals surface area contributed by atoms with Crippen molar-refractivity contribution in [3.05, 3.63) is 48.4 Å². The predicted molar refractivity (Wildman–Crippen MR) is 75.7 cm³/mol. The number of nitrogens with two attached hydrogens (primary N) is 1. The predicted octanol–water partition coefficient (Wildman–Crippen LogP) is 2.54. The summed E-state index contributed by atoms with van der Waals surface area (Å²) in [7, 11) is 0. The fourth-order valence-corrected chi connectivity index (χ4v) is 2.31. The van der Waals surface area contributed by atoms with Gasteiger partial charge >= 0.3 is 0 Å². The van der Waals surface area contributed by atoms with E-state index in [1.54, 1.807) is 18.3 Å². The van der Waals surface area contributed by atoms with Crippen molar-refractivity contribution in [3.8, 4) is 11.5 Å². The van der Waals surface area contributed by atoms with Crippen molar-refractivity contribution in [2.45, 2.75) is 10.8 Å². The molecular formula is C13H10FN5OS. The van der Waals surface area contributed by atoms with Crippen LogP contribution in [0.4, 0.5) is 10.2 Å². The lowest BCUT2D eigenvalue weighted by molar-refractivity contribution is 0.528. The van der Waals surface area contributed by atoms with Crippen LogP contribution >= 0.6 is 11.8 Å². The van der Waals surface area contributed by atoms with Crippen molar-refractivity contribution in [3.63, 3.8) is 0 Å². The Kier molecular flexibility index (Phi) is 3.78. The summed E-state index contributed by atoms with van der Waals surface area (Å²) in [6.07, 6.45) is 3.09. The number of anilines is 1. The summed E-state index contributed by atoms with van der Waals surface area (Å²) >= 11 is 1.36. The van der Waals surface area contributed by atoms with Crippen LogP contribution in [0.2, 0.25) is 0 Å². The summed E-state index contributed by atoms with van der Waals surface area (Å²) in [6.45, 7) is 0. The molecule has 3 aromatic rings. The van der Waals surface area contributed by atoms with E-state index in [1.807, 2.05) is 0 Å². The largest absolute Gasteiger partial charge is 0.420 e. The second-order valence-electron chi connectivity index (χ2n) is 4.04. The van der Waals surface area contributed by atoms with Gasteiger partial charge in [-0.15, -0.1) is 10.2 Å². The summed E-state index contributed by atoms with van der Waals surface area (Å²) < 4.78 is 18.4. The van der Waals surface area contributed by atoms with E-state index < -0.39 is 0 Å². The van der Waals surface area contributed by atoms with Gasteiger partial charge in [-0.3, -0.25) is 0 Å². The first-order valence-electron chi connectivity index (χ1n) is 6.00. The van der Waals surface area contributed by atoms with Crippen LogP contribution in [0, 0.1) is 5.82 Å². The van der Waals surface area contributed by atoms with Gasteiger partial charge in [0.05, 0.1) is 5.75 Å². The summed E-state index contributed by atoms with van der Waals surface area (Å²) in [5, 5.41) is 8.48. The zero-order valence-corrected chi connectivity index (χ0v) is 11.5. The molecule has 0 bridgehead atoms. The number of hydrogen-bond acceptors (Lipinski definition) is 7. The summed E-state index contributed by atoms with van der Waals surface area (Å²) in [4.78, 5) is 8.06. The van der Waals surface area contributed by atoms with Crippen molar-refractivity contribution in [2.24, 2.45) is 0 Å². The van der Waals surface area contributed by atoms with Crippen LogP contribution in [0.5, 0.6) is 0 Å². The highest BCUT2D eigenvalue weighted by molar-refractivity contribution is 7.98. The van der Waals surface area contributed by atoms with Crippen molar-refractivity contribution >= 4 is 17.6 Å². The third-order valence-corrected chi connectivity index (χ3v) is 3.56. The van der Waals surface area contributed by atoms with E-state index in [1.165, 1.54) is 30.1 Å². The number of hydrogen-bond donors (Lipinski definition) is 1. The molecule has 0 fully saturated rings. The van der Waals surface area contributed by atoms with Crippen molar-refractivity contribution in [2.75, 3.05) is 5.73 Å². The Morgan fingerprint density at radius 1 is 1.10 bits per heavy atom. The number of halogens is 1. The third kappa shape index (κ3) is 3.16. The van der Waals surface area contributed by atoms with Crippen molar-refractivity contribution < 1.29 is 8.81 Å². The molecule has 21 heavy (non-hydrogen) atoms. The Labute approximate surface area is 123 Å². The highest BCUT2D eigenvalue weighted by Gasteiger charge is 2.10. The highest BCUT2D eigenvalue weighted by Crippen LogP contribution is 2.25. The standard InChI is InChI=1S/C13H10FN5OS/c14-9-3-1-8(2-4-9)12-19-18-10(20-12)7-21-13-11(15)16-5-6-17-13/h1-6H,7H2,(H2,15,16). The molecule has 8 heteroatoms. The Hall–Kier alpha value is -2.48. The van der Waals surface area contributed by atoms with Gasteiger partial charge in [0, 0.05) is 18.0 Å².